The van der Waals surface area contributed by atoms with Gasteiger partial charge in [-0.05, 0) is 59.7 Å². The minimum Gasteiger partial charge on any atom is -0.379 e. The van der Waals surface area contributed by atoms with Crippen LogP contribution in [-0.4, -0.2) is 95.1 Å². The summed E-state index contributed by atoms with van der Waals surface area (Å²) < 4.78 is 7.44. The van der Waals surface area contributed by atoms with Gasteiger partial charge in [0.2, 0.25) is 0 Å². The summed E-state index contributed by atoms with van der Waals surface area (Å²) in [5, 5.41) is 15.5. The number of guanidine groups is 1. The van der Waals surface area contributed by atoms with E-state index < -0.39 is 0 Å². The van der Waals surface area contributed by atoms with E-state index in [0.717, 1.165) is 70.0 Å². The number of aryl methyl sites for hydroxylation is 1. The first-order valence-electron chi connectivity index (χ1n) is 11.9. The Hall–Kier alpha value is -0.980. The molecule has 2 fully saturated rings. The minimum absolute atomic E-state index is 0. The zero-order chi connectivity index (χ0) is 22.1. The Labute approximate surface area is 210 Å². The fourth-order valence-electron chi connectivity index (χ4n) is 4.16. The zero-order valence-corrected chi connectivity index (χ0v) is 22.7. The smallest absolute Gasteiger partial charge is 0.191 e. The number of nitrogens with zero attached hydrogens (tertiary/aromatic N) is 6. The van der Waals surface area contributed by atoms with Gasteiger partial charge in [0.05, 0.1) is 13.2 Å². The number of morpholine rings is 1. The maximum atomic E-state index is 5.44. The van der Waals surface area contributed by atoms with E-state index in [1.54, 1.807) is 0 Å². The molecule has 0 radical (unpaired) electrons. The fourth-order valence-corrected chi connectivity index (χ4v) is 4.16. The second kappa shape index (κ2) is 13.7. The molecule has 0 aliphatic carbocycles. The van der Waals surface area contributed by atoms with Gasteiger partial charge in [-0.1, -0.05) is 6.42 Å². The summed E-state index contributed by atoms with van der Waals surface area (Å²) in [7, 11) is 1.99. The van der Waals surface area contributed by atoms with Crippen molar-refractivity contribution in [2.24, 2.45) is 12.0 Å². The first-order chi connectivity index (χ1) is 15.0. The summed E-state index contributed by atoms with van der Waals surface area (Å²) in [6, 6.07) is 0. The van der Waals surface area contributed by atoms with Gasteiger partial charge in [-0.3, -0.25) is 9.80 Å². The molecule has 0 amide bonds. The van der Waals surface area contributed by atoms with E-state index >= 15 is 0 Å². The Morgan fingerprint density at radius 3 is 2.44 bits per heavy atom. The van der Waals surface area contributed by atoms with Crippen molar-refractivity contribution in [2.45, 2.75) is 58.5 Å². The molecular formula is C22H43IN8O. The predicted molar refractivity (Wildman–Crippen MR) is 140 cm³/mol. The SMILES string of the molecule is Cc1nnc(CN=C(NCCCN2CCOCC2)NCC(C)(C)N2CCCCC2)n1C.I. The number of piperidine rings is 1. The van der Waals surface area contributed by atoms with Gasteiger partial charge < -0.3 is 19.9 Å². The molecule has 1 aromatic heterocycles. The number of aliphatic imine (C=N–C) groups is 1. The van der Waals surface area contributed by atoms with Crippen molar-refractivity contribution in [1.82, 2.24) is 35.2 Å². The summed E-state index contributed by atoms with van der Waals surface area (Å²) in [5.74, 6) is 2.64. The predicted octanol–water partition coefficient (Wildman–Crippen LogP) is 1.76. The lowest BCUT2D eigenvalue weighted by molar-refractivity contribution is 0.0376. The molecule has 3 heterocycles. The lowest BCUT2D eigenvalue weighted by atomic mass is 9.98. The zero-order valence-electron chi connectivity index (χ0n) is 20.4. The topological polar surface area (TPSA) is 82.8 Å². The Morgan fingerprint density at radius 2 is 1.78 bits per heavy atom. The molecule has 9 nitrogen and oxygen atoms in total. The number of aromatic nitrogens is 3. The second-order valence-corrected chi connectivity index (χ2v) is 9.34. The van der Waals surface area contributed by atoms with Crippen molar-refractivity contribution in [2.75, 3.05) is 59.0 Å². The number of hydrogen-bond acceptors (Lipinski definition) is 6. The van der Waals surface area contributed by atoms with E-state index in [9.17, 15) is 0 Å². The second-order valence-electron chi connectivity index (χ2n) is 9.34. The molecule has 184 valence electrons. The normalized spacial score (nSPS) is 18.9. The van der Waals surface area contributed by atoms with E-state index in [4.69, 9.17) is 9.73 Å². The molecule has 2 N–H and O–H groups in total. The maximum Gasteiger partial charge on any atom is 0.191 e. The molecule has 2 aliphatic heterocycles. The molecular weight excluding hydrogens is 519 g/mol. The molecule has 10 heteroatoms. The Kier molecular flexibility index (Phi) is 11.6. The molecule has 0 spiro atoms. The molecule has 0 bridgehead atoms. The van der Waals surface area contributed by atoms with E-state index in [-0.39, 0.29) is 29.5 Å². The van der Waals surface area contributed by atoms with Crippen LogP contribution in [0, 0.1) is 6.92 Å². The van der Waals surface area contributed by atoms with Crippen LogP contribution in [0.2, 0.25) is 0 Å². The molecule has 32 heavy (non-hydrogen) atoms. The molecule has 0 atom stereocenters. The number of likely N-dealkylation sites (tertiary alicyclic amines) is 1. The molecule has 0 aromatic carbocycles. The van der Waals surface area contributed by atoms with Crippen LogP contribution in [-0.2, 0) is 18.3 Å². The third-order valence-electron chi connectivity index (χ3n) is 6.51. The highest BCUT2D eigenvalue weighted by molar-refractivity contribution is 14.0. The average molecular weight is 563 g/mol. The lowest BCUT2D eigenvalue weighted by Gasteiger charge is -2.41. The number of nitrogens with one attached hydrogen (secondary N) is 2. The van der Waals surface area contributed by atoms with Gasteiger partial charge in [0.1, 0.15) is 12.4 Å². The van der Waals surface area contributed by atoms with Crippen LogP contribution < -0.4 is 10.6 Å². The van der Waals surface area contributed by atoms with Gasteiger partial charge in [-0.2, -0.15) is 0 Å². The van der Waals surface area contributed by atoms with Crippen molar-refractivity contribution in [3.8, 4) is 0 Å². The third kappa shape index (κ3) is 8.42. The van der Waals surface area contributed by atoms with Crippen molar-refractivity contribution < 1.29 is 4.74 Å². The third-order valence-corrected chi connectivity index (χ3v) is 6.51. The monoisotopic (exact) mass is 562 g/mol. The van der Waals surface area contributed by atoms with Crippen molar-refractivity contribution in [3.05, 3.63) is 11.6 Å². The molecule has 0 unspecified atom stereocenters. The lowest BCUT2D eigenvalue weighted by Crippen LogP contribution is -2.55. The van der Waals surface area contributed by atoms with Crippen molar-refractivity contribution in [1.29, 1.82) is 0 Å². The van der Waals surface area contributed by atoms with Crippen LogP contribution in [0.1, 0.15) is 51.2 Å². The molecule has 2 aliphatic rings. The number of halogens is 1. The van der Waals surface area contributed by atoms with Gasteiger partial charge in [0.15, 0.2) is 11.8 Å². The van der Waals surface area contributed by atoms with E-state index in [2.05, 4.69) is 44.5 Å². The van der Waals surface area contributed by atoms with Gasteiger partial charge >= 0.3 is 0 Å². The largest absolute Gasteiger partial charge is 0.379 e. The molecule has 2 saturated heterocycles. The van der Waals surface area contributed by atoms with E-state index in [1.807, 2.05) is 18.5 Å². The van der Waals surface area contributed by atoms with Crippen LogP contribution in [0.4, 0.5) is 0 Å². The maximum absolute atomic E-state index is 5.44. The van der Waals surface area contributed by atoms with Crippen LogP contribution in [0.15, 0.2) is 4.99 Å². The molecule has 0 saturated carbocycles. The van der Waals surface area contributed by atoms with Crippen molar-refractivity contribution in [3.63, 3.8) is 0 Å². The van der Waals surface area contributed by atoms with Crippen LogP contribution in [0.25, 0.3) is 0 Å². The quantitative estimate of drug-likeness (QED) is 0.206. The fraction of sp³-hybridized carbons (Fsp3) is 0.864. The van der Waals surface area contributed by atoms with Gasteiger partial charge in [0, 0.05) is 38.8 Å². The van der Waals surface area contributed by atoms with E-state index in [1.165, 1.54) is 32.4 Å². The highest BCUT2D eigenvalue weighted by atomic mass is 127. The van der Waals surface area contributed by atoms with E-state index in [0.29, 0.717) is 6.54 Å². The van der Waals surface area contributed by atoms with Crippen LogP contribution >= 0.6 is 24.0 Å². The number of ether oxygens (including phenoxy) is 1. The summed E-state index contributed by atoms with van der Waals surface area (Å²) in [6.45, 7) is 16.1. The highest BCUT2D eigenvalue weighted by Gasteiger charge is 2.28. The first kappa shape index (κ1) is 27.3. The van der Waals surface area contributed by atoms with Gasteiger partial charge in [-0.15, -0.1) is 34.2 Å². The Bertz CT molecular complexity index is 696. The number of rotatable bonds is 9. The molecule has 1 aromatic rings. The summed E-state index contributed by atoms with van der Waals surface area (Å²) in [6.07, 6.45) is 5.04. The summed E-state index contributed by atoms with van der Waals surface area (Å²) >= 11 is 0. The van der Waals surface area contributed by atoms with Gasteiger partial charge in [-0.25, -0.2) is 4.99 Å². The average Bonchev–Trinajstić information content (AvgIpc) is 3.11. The minimum atomic E-state index is 0. The molecule has 3 rings (SSSR count). The standard InChI is InChI=1S/C22H42N8O.HI/c1-19-26-27-20(28(19)4)17-24-21(23-9-8-10-29-13-15-31-16-14-29)25-18-22(2,3)30-11-6-5-7-12-30;/h5-18H2,1-4H3,(H2,23,24,25);1H. The Balaban J connectivity index is 0.00000363. The Morgan fingerprint density at radius 1 is 1.06 bits per heavy atom. The first-order valence-corrected chi connectivity index (χ1v) is 11.9. The van der Waals surface area contributed by atoms with Crippen LogP contribution in [0.5, 0.6) is 0 Å². The van der Waals surface area contributed by atoms with Gasteiger partial charge in [0.25, 0.3) is 0 Å². The number of hydrogen-bond donors (Lipinski definition) is 2. The summed E-state index contributed by atoms with van der Waals surface area (Å²) in [5.41, 5.74) is 0.0953. The van der Waals surface area contributed by atoms with Crippen LogP contribution in [0.3, 0.4) is 0 Å². The van der Waals surface area contributed by atoms with Crippen molar-refractivity contribution >= 4 is 29.9 Å². The highest BCUT2D eigenvalue weighted by Crippen LogP contribution is 2.19. The summed E-state index contributed by atoms with van der Waals surface area (Å²) in [4.78, 5) is 9.89.